The summed E-state index contributed by atoms with van der Waals surface area (Å²) in [4.78, 5) is 10.9. The minimum atomic E-state index is -4.39. The van der Waals surface area contributed by atoms with Crippen molar-refractivity contribution in [3.63, 3.8) is 0 Å². The minimum absolute atomic E-state index is 0.128. The number of hydrogen-bond acceptors (Lipinski definition) is 2. The largest absolute Gasteiger partial charge is 0.411 e. The third-order valence-corrected chi connectivity index (χ3v) is 2.11. The molecule has 0 aromatic rings. The second kappa shape index (κ2) is 6.23. The lowest BCUT2D eigenvalue weighted by atomic mass is 10.4. The van der Waals surface area contributed by atoms with Gasteiger partial charge in [0.05, 0.1) is 0 Å². The standard InChI is InChI=1S/C7H11BrF3NO2/c1-5(2-8)12-6(13)3-14-4-7(9,10)11/h5H,2-4H2,1H3,(H,12,13). The third-order valence-electron chi connectivity index (χ3n) is 1.14. The summed E-state index contributed by atoms with van der Waals surface area (Å²) in [5, 5.41) is 2.98. The molecule has 0 aromatic carbocycles. The Morgan fingerprint density at radius 3 is 2.57 bits per heavy atom. The maximum atomic E-state index is 11.6. The van der Waals surface area contributed by atoms with Gasteiger partial charge in [0, 0.05) is 11.4 Å². The summed E-state index contributed by atoms with van der Waals surface area (Å²) < 4.78 is 38.9. The van der Waals surface area contributed by atoms with Crippen LogP contribution in [0.1, 0.15) is 6.92 Å². The lowest BCUT2D eigenvalue weighted by molar-refractivity contribution is -0.175. The zero-order valence-corrected chi connectivity index (χ0v) is 9.11. The summed E-state index contributed by atoms with van der Waals surface area (Å²) >= 11 is 3.11. The number of rotatable bonds is 5. The molecule has 1 N–H and O–H groups in total. The van der Waals surface area contributed by atoms with Gasteiger partial charge in [-0.05, 0) is 6.92 Å². The van der Waals surface area contributed by atoms with Gasteiger partial charge in [-0.25, -0.2) is 0 Å². The molecule has 0 heterocycles. The molecule has 1 atom stereocenters. The average molecular weight is 278 g/mol. The van der Waals surface area contributed by atoms with Gasteiger partial charge in [0.15, 0.2) is 0 Å². The van der Waals surface area contributed by atoms with Crippen molar-refractivity contribution in [2.24, 2.45) is 0 Å². The van der Waals surface area contributed by atoms with Gasteiger partial charge in [0.25, 0.3) is 0 Å². The van der Waals surface area contributed by atoms with Crippen molar-refractivity contribution >= 4 is 21.8 Å². The first-order valence-electron chi connectivity index (χ1n) is 3.85. The first-order chi connectivity index (χ1) is 6.35. The maximum absolute atomic E-state index is 11.6. The fourth-order valence-electron chi connectivity index (χ4n) is 0.615. The lowest BCUT2D eigenvalue weighted by Crippen LogP contribution is -2.37. The molecule has 0 aliphatic carbocycles. The van der Waals surface area contributed by atoms with Crippen LogP contribution in [0.4, 0.5) is 13.2 Å². The smallest absolute Gasteiger partial charge is 0.362 e. The SMILES string of the molecule is CC(CBr)NC(=O)COCC(F)(F)F. The highest BCUT2D eigenvalue weighted by Gasteiger charge is 2.27. The van der Waals surface area contributed by atoms with Crippen molar-refractivity contribution < 1.29 is 22.7 Å². The summed E-state index contributed by atoms with van der Waals surface area (Å²) in [5.74, 6) is -0.554. The normalized spacial score (nSPS) is 13.8. The second-order valence-electron chi connectivity index (χ2n) is 2.73. The highest BCUT2D eigenvalue weighted by molar-refractivity contribution is 9.09. The minimum Gasteiger partial charge on any atom is -0.362 e. The summed E-state index contributed by atoms with van der Waals surface area (Å²) in [6.07, 6.45) is -4.39. The molecule has 0 rings (SSSR count). The van der Waals surface area contributed by atoms with Gasteiger partial charge in [-0.15, -0.1) is 0 Å². The number of carbonyl (C=O) groups is 1. The van der Waals surface area contributed by atoms with Crippen molar-refractivity contribution in [2.75, 3.05) is 18.5 Å². The molecule has 0 saturated carbocycles. The fourth-order valence-corrected chi connectivity index (χ4v) is 0.776. The summed E-state index contributed by atoms with van der Waals surface area (Å²) in [5.41, 5.74) is 0. The van der Waals surface area contributed by atoms with E-state index in [1.807, 2.05) is 0 Å². The van der Waals surface area contributed by atoms with Crippen LogP contribution in [-0.2, 0) is 9.53 Å². The number of carbonyl (C=O) groups excluding carboxylic acids is 1. The van der Waals surface area contributed by atoms with E-state index in [1.165, 1.54) is 0 Å². The van der Waals surface area contributed by atoms with E-state index in [-0.39, 0.29) is 6.04 Å². The van der Waals surface area contributed by atoms with E-state index < -0.39 is 25.3 Å². The molecule has 84 valence electrons. The molecule has 0 aliphatic rings. The van der Waals surface area contributed by atoms with Crippen molar-refractivity contribution in [3.05, 3.63) is 0 Å². The van der Waals surface area contributed by atoms with Crippen LogP contribution < -0.4 is 5.32 Å². The molecular formula is C7H11BrF3NO2. The Kier molecular flexibility index (Phi) is 6.10. The molecule has 14 heavy (non-hydrogen) atoms. The first-order valence-corrected chi connectivity index (χ1v) is 4.97. The average Bonchev–Trinajstić information content (AvgIpc) is 2.01. The van der Waals surface area contributed by atoms with E-state index >= 15 is 0 Å². The van der Waals surface area contributed by atoms with E-state index in [2.05, 4.69) is 26.0 Å². The zero-order valence-electron chi connectivity index (χ0n) is 7.53. The van der Waals surface area contributed by atoms with E-state index in [0.717, 1.165) is 0 Å². The van der Waals surface area contributed by atoms with Crippen LogP contribution in [0.5, 0.6) is 0 Å². The van der Waals surface area contributed by atoms with Gasteiger partial charge < -0.3 is 10.1 Å². The molecule has 0 saturated heterocycles. The summed E-state index contributed by atoms with van der Waals surface area (Å²) in [7, 11) is 0. The van der Waals surface area contributed by atoms with Crippen LogP contribution in [0.15, 0.2) is 0 Å². The van der Waals surface area contributed by atoms with E-state index in [0.29, 0.717) is 5.33 Å². The molecule has 3 nitrogen and oxygen atoms in total. The third kappa shape index (κ3) is 8.31. The Bertz CT molecular complexity index is 186. The van der Waals surface area contributed by atoms with Gasteiger partial charge in [0.1, 0.15) is 13.2 Å². The van der Waals surface area contributed by atoms with Crippen LogP contribution in [0.2, 0.25) is 0 Å². The zero-order chi connectivity index (χ0) is 11.2. The Balaban J connectivity index is 3.55. The van der Waals surface area contributed by atoms with Crippen LogP contribution in [0.3, 0.4) is 0 Å². The van der Waals surface area contributed by atoms with Gasteiger partial charge in [0.2, 0.25) is 5.91 Å². The molecule has 7 heteroatoms. The Morgan fingerprint density at radius 2 is 2.14 bits per heavy atom. The number of nitrogens with one attached hydrogen (secondary N) is 1. The molecule has 1 unspecified atom stereocenters. The van der Waals surface area contributed by atoms with Crippen LogP contribution in [-0.4, -0.2) is 36.7 Å². The number of amides is 1. The number of halogens is 4. The fraction of sp³-hybridized carbons (Fsp3) is 0.857. The molecule has 0 aromatic heterocycles. The van der Waals surface area contributed by atoms with E-state index in [4.69, 9.17) is 0 Å². The van der Waals surface area contributed by atoms with Crippen molar-refractivity contribution in [3.8, 4) is 0 Å². The van der Waals surface area contributed by atoms with Gasteiger partial charge >= 0.3 is 6.18 Å². The molecule has 0 bridgehead atoms. The highest BCUT2D eigenvalue weighted by atomic mass is 79.9. The van der Waals surface area contributed by atoms with Crippen LogP contribution >= 0.6 is 15.9 Å². The quantitative estimate of drug-likeness (QED) is 0.773. The number of alkyl halides is 4. The number of ether oxygens (including phenoxy) is 1. The van der Waals surface area contributed by atoms with Crippen LogP contribution in [0.25, 0.3) is 0 Å². The Labute approximate surface area is 88.1 Å². The summed E-state index contributed by atoms with van der Waals surface area (Å²) in [6.45, 7) is -0.254. The Morgan fingerprint density at radius 1 is 1.57 bits per heavy atom. The topological polar surface area (TPSA) is 38.3 Å². The van der Waals surface area contributed by atoms with Gasteiger partial charge in [-0.1, -0.05) is 15.9 Å². The number of hydrogen-bond donors (Lipinski definition) is 1. The maximum Gasteiger partial charge on any atom is 0.411 e. The second-order valence-corrected chi connectivity index (χ2v) is 3.38. The summed E-state index contributed by atoms with van der Waals surface area (Å²) in [6, 6.07) is -0.128. The lowest BCUT2D eigenvalue weighted by Gasteiger charge is -2.11. The predicted molar refractivity (Wildman–Crippen MR) is 48.3 cm³/mol. The molecule has 0 aliphatic heterocycles. The van der Waals surface area contributed by atoms with Gasteiger partial charge in [-0.3, -0.25) is 4.79 Å². The van der Waals surface area contributed by atoms with E-state index in [1.54, 1.807) is 6.92 Å². The van der Waals surface area contributed by atoms with Gasteiger partial charge in [-0.2, -0.15) is 13.2 Å². The molecule has 0 fully saturated rings. The first kappa shape index (κ1) is 13.7. The van der Waals surface area contributed by atoms with Crippen molar-refractivity contribution in [2.45, 2.75) is 19.1 Å². The predicted octanol–water partition coefficient (Wildman–Crippen LogP) is 1.46. The highest BCUT2D eigenvalue weighted by Crippen LogP contribution is 2.13. The Hall–Kier alpha value is -0.300. The molecular weight excluding hydrogens is 267 g/mol. The molecule has 0 spiro atoms. The molecule has 0 radical (unpaired) electrons. The monoisotopic (exact) mass is 277 g/mol. The van der Waals surface area contributed by atoms with Crippen molar-refractivity contribution in [1.82, 2.24) is 5.32 Å². The molecule has 1 amide bonds. The van der Waals surface area contributed by atoms with Crippen molar-refractivity contribution in [1.29, 1.82) is 0 Å². The van der Waals surface area contributed by atoms with E-state index in [9.17, 15) is 18.0 Å². The van der Waals surface area contributed by atoms with Crippen LogP contribution in [0, 0.1) is 0 Å².